The van der Waals surface area contributed by atoms with Gasteiger partial charge in [0.25, 0.3) is 0 Å². The fraction of sp³-hybridized carbons (Fsp3) is 0.364. The zero-order chi connectivity index (χ0) is 9.97. The largest absolute Gasteiger partial charge is 0.497 e. The van der Waals surface area contributed by atoms with Gasteiger partial charge in [0, 0.05) is 0 Å². The van der Waals surface area contributed by atoms with E-state index in [1.807, 2.05) is 12.1 Å². The van der Waals surface area contributed by atoms with Gasteiger partial charge in [0.15, 0.2) is 0 Å². The van der Waals surface area contributed by atoms with Crippen LogP contribution in [0.5, 0.6) is 5.75 Å². The molecule has 1 heterocycles. The molecule has 0 saturated carbocycles. The molecule has 0 aromatic heterocycles. The minimum Gasteiger partial charge on any atom is -0.497 e. The van der Waals surface area contributed by atoms with Crippen LogP contribution >= 0.6 is 11.8 Å². The van der Waals surface area contributed by atoms with Gasteiger partial charge in [-0.1, -0.05) is 0 Å². The van der Waals surface area contributed by atoms with Crippen molar-refractivity contribution in [2.75, 3.05) is 13.4 Å². The van der Waals surface area contributed by atoms with Crippen LogP contribution in [0.4, 0.5) is 5.69 Å². The van der Waals surface area contributed by atoms with Gasteiger partial charge in [-0.25, -0.2) is 4.99 Å². The molecule has 0 N–H and O–H groups in total. The van der Waals surface area contributed by atoms with Crippen molar-refractivity contribution in [3.05, 3.63) is 23.8 Å². The van der Waals surface area contributed by atoms with Crippen LogP contribution < -0.4 is 4.74 Å². The predicted octanol–water partition coefficient (Wildman–Crippen LogP) is 3.03. The Bertz CT molecular complexity index is 374. The van der Waals surface area contributed by atoms with Crippen LogP contribution in [0.3, 0.4) is 0 Å². The van der Waals surface area contributed by atoms with E-state index in [2.05, 4.69) is 17.3 Å². The Hall–Kier alpha value is -0.960. The summed E-state index contributed by atoms with van der Waals surface area (Å²) in [6.45, 7) is 0. The molecule has 0 unspecified atom stereocenters. The summed E-state index contributed by atoms with van der Waals surface area (Å²) in [6, 6.07) is 6.07. The third-order valence-electron chi connectivity index (χ3n) is 2.38. The lowest BCUT2D eigenvalue weighted by Gasteiger charge is -2.14. The molecule has 1 aliphatic rings. The molecule has 0 aliphatic carbocycles. The van der Waals surface area contributed by atoms with Gasteiger partial charge >= 0.3 is 0 Å². The average Bonchev–Trinajstić information content (AvgIpc) is 2.27. The molecule has 0 spiro atoms. The highest BCUT2D eigenvalue weighted by Crippen LogP contribution is 2.31. The van der Waals surface area contributed by atoms with E-state index in [-0.39, 0.29) is 0 Å². The van der Waals surface area contributed by atoms with Crippen LogP contribution in [0.15, 0.2) is 23.2 Å². The van der Waals surface area contributed by atoms with Crippen molar-refractivity contribution < 1.29 is 4.74 Å². The monoisotopic (exact) mass is 207 g/mol. The molecule has 14 heavy (non-hydrogen) atoms. The van der Waals surface area contributed by atoms with Crippen LogP contribution in [0.2, 0.25) is 0 Å². The molecule has 3 heteroatoms. The second-order valence-corrected chi connectivity index (χ2v) is 4.08. The molecule has 0 bridgehead atoms. The Morgan fingerprint density at radius 3 is 2.93 bits per heavy atom. The topological polar surface area (TPSA) is 21.6 Å². The fourth-order valence-corrected chi connectivity index (χ4v) is 2.07. The van der Waals surface area contributed by atoms with Crippen molar-refractivity contribution in [3.8, 4) is 5.75 Å². The number of hydrogen-bond donors (Lipinski definition) is 0. The summed E-state index contributed by atoms with van der Waals surface area (Å²) < 4.78 is 5.18. The number of aryl methyl sites for hydroxylation is 1. The van der Waals surface area contributed by atoms with Crippen molar-refractivity contribution >= 4 is 22.5 Å². The van der Waals surface area contributed by atoms with Gasteiger partial charge in [0.2, 0.25) is 0 Å². The highest BCUT2D eigenvalue weighted by molar-refractivity contribution is 8.13. The number of thioether (sulfide) groups is 1. The second-order valence-electron chi connectivity index (χ2n) is 3.20. The second kappa shape index (κ2) is 4.05. The van der Waals surface area contributed by atoms with Crippen molar-refractivity contribution in [2.24, 2.45) is 4.99 Å². The van der Waals surface area contributed by atoms with Gasteiger partial charge in [-0.3, -0.25) is 0 Å². The molecular weight excluding hydrogens is 194 g/mol. The summed E-state index contributed by atoms with van der Waals surface area (Å²) in [6.07, 6.45) is 4.21. The Labute approximate surface area is 88.4 Å². The zero-order valence-electron chi connectivity index (χ0n) is 8.41. The molecule has 1 aromatic carbocycles. The van der Waals surface area contributed by atoms with E-state index < -0.39 is 0 Å². The smallest absolute Gasteiger partial charge is 0.119 e. The van der Waals surface area contributed by atoms with Crippen LogP contribution in [0.1, 0.15) is 12.0 Å². The van der Waals surface area contributed by atoms with Gasteiger partial charge in [0.1, 0.15) is 5.75 Å². The minimum absolute atomic E-state index is 0.923. The zero-order valence-corrected chi connectivity index (χ0v) is 9.23. The fourth-order valence-electron chi connectivity index (χ4n) is 1.58. The van der Waals surface area contributed by atoms with E-state index in [0.29, 0.717) is 0 Å². The predicted molar refractivity (Wildman–Crippen MR) is 61.9 cm³/mol. The Balaban J connectivity index is 2.37. The van der Waals surface area contributed by atoms with Gasteiger partial charge in [-0.05, 0) is 42.9 Å². The number of rotatable bonds is 1. The first-order valence-corrected chi connectivity index (χ1v) is 5.84. The number of methoxy groups -OCH3 is 1. The SMILES string of the molecule is COc1ccc2c(c1)CCC(SC)=N2. The maximum absolute atomic E-state index is 5.18. The molecule has 0 fully saturated rings. The molecule has 1 aromatic rings. The third kappa shape index (κ3) is 1.77. The summed E-state index contributed by atoms with van der Waals surface area (Å²) in [4.78, 5) is 4.56. The van der Waals surface area contributed by atoms with Crippen molar-refractivity contribution in [2.45, 2.75) is 12.8 Å². The normalized spacial score (nSPS) is 14.6. The first-order chi connectivity index (χ1) is 6.83. The van der Waals surface area contributed by atoms with Crippen LogP contribution in [-0.2, 0) is 6.42 Å². The number of aliphatic imine (C=N–C) groups is 1. The highest BCUT2D eigenvalue weighted by Gasteiger charge is 2.11. The Morgan fingerprint density at radius 1 is 1.36 bits per heavy atom. The maximum atomic E-state index is 5.18. The lowest BCUT2D eigenvalue weighted by Crippen LogP contribution is -2.01. The third-order valence-corrected chi connectivity index (χ3v) is 3.14. The first-order valence-electron chi connectivity index (χ1n) is 4.62. The molecule has 0 saturated heterocycles. The van der Waals surface area contributed by atoms with Gasteiger partial charge in [0.05, 0.1) is 17.8 Å². The molecule has 2 rings (SSSR count). The summed E-state index contributed by atoms with van der Waals surface area (Å²) in [5.41, 5.74) is 2.39. The quantitative estimate of drug-likeness (QED) is 0.706. The summed E-state index contributed by atoms with van der Waals surface area (Å²) in [7, 11) is 1.70. The summed E-state index contributed by atoms with van der Waals surface area (Å²) >= 11 is 1.74. The molecular formula is C11H13NOS. The van der Waals surface area contributed by atoms with Crippen molar-refractivity contribution in [1.82, 2.24) is 0 Å². The number of fused-ring (bicyclic) bond motifs is 1. The highest BCUT2D eigenvalue weighted by atomic mass is 32.2. The van der Waals surface area contributed by atoms with E-state index in [4.69, 9.17) is 4.74 Å². The first kappa shape index (κ1) is 9.59. The maximum Gasteiger partial charge on any atom is 0.119 e. The molecule has 0 atom stereocenters. The van der Waals surface area contributed by atoms with Crippen LogP contribution in [-0.4, -0.2) is 18.4 Å². The molecule has 0 radical (unpaired) electrons. The van der Waals surface area contributed by atoms with Crippen molar-refractivity contribution in [1.29, 1.82) is 0 Å². The number of hydrogen-bond acceptors (Lipinski definition) is 3. The van der Waals surface area contributed by atoms with Gasteiger partial charge in [-0.2, -0.15) is 0 Å². The lowest BCUT2D eigenvalue weighted by molar-refractivity contribution is 0.414. The number of ether oxygens (including phenoxy) is 1. The van der Waals surface area contributed by atoms with Gasteiger partial charge in [-0.15, -0.1) is 11.8 Å². The van der Waals surface area contributed by atoms with E-state index >= 15 is 0 Å². The summed E-state index contributed by atoms with van der Waals surface area (Å²) in [5.74, 6) is 0.923. The minimum atomic E-state index is 0.923. The van der Waals surface area contributed by atoms with Crippen LogP contribution in [0.25, 0.3) is 0 Å². The Morgan fingerprint density at radius 2 is 2.21 bits per heavy atom. The Kier molecular flexibility index (Phi) is 2.77. The standard InChI is InChI=1S/C11H13NOS/c1-13-9-4-5-10-8(7-9)3-6-11(12-10)14-2/h4-5,7H,3,6H2,1-2H3. The lowest BCUT2D eigenvalue weighted by atomic mass is 10.1. The molecule has 1 aliphatic heterocycles. The van der Waals surface area contributed by atoms with E-state index in [1.165, 1.54) is 10.6 Å². The molecule has 0 amide bonds. The van der Waals surface area contributed by atoms with E-state index in [9.17, 15) is 0 Å². The average molecular weight is 207 g/mol. The van der Waals surface area contributed by atoms with E-state index in [1.54, 1.807) is 18.9 Å². The molecule has 2 nitrogen and oxygen atoms in total. The molecule has 74 valence electrons. The summed E-state index contributed by atoms with van der Waals surface area (Å²) in [5, 5.41) is 1.22. The number of benzene rings is 1. The van der Waals surface area contributed by atoms with Gasteiger partial charge < -0.3 is 4.74 Å². The van der Waals surface area contributed by atoms with E-state index in [0.717, 1.165) is 24.3 Å². The van der Waals surface area contributed by atoms with Crippen molar-refractivity contribution in [3.63, 3.8) is 0 Å². The van der Waals surface area contributed by atoms with Crippen LogP contribution in [0, 0.1) is 0 Å². The number of nitrogens with zero attached hydrogens (tertiary/aromatic N) is 1.